The summed E-state index contributed by atoms with van der Waals surface area (Å²) in [6.45, 7) is 15.5. The average Bonchev–Trinajstić information content (AvgIpc) is 2.62. The molecule has 25 heavy (non-hydrogen) atoms. The van der Waals surface area contributed by atoms with Gasteiger partial charge in [0.25, 0.3) is 0 Å². The van der Waals surface area contributed by atoms with Crippen molar-refractivity contribution in [1.29, 1.82) is 0 Å². The number of rotatable bonds is 13. The molecule has 0 spiro atoms. The highest BCUT2D eigenvalue weighted by Crippen LogP contribution is 2.32. The van der Waals surface area contributed by atoms with Gasteiger partial charge >= 0.3 is 5.69 Å². The largest absolute Gasteiger partial charge is 0.378 e. The van der Waals surface area contributed by atoms with Gasteiger partial charge in [-0.25, -0.2) is 0 Å². The van der Waals surface area contributed by atoms with Crippen LogP contribution >= 0.6 is 0 Å². The lowest BCUT2D eigenvalue weighted by Crippen LogP contribution is -2.29. The van der Waals surface area contributed by atoms with Crippen molar-refractivity contribution >= 4 is 17.1 Å². The van der Waals surface area contributed by atoms with Gasteiger partial charge in [-0.2, -0.15) is 0 Å². The Bertz CT molecular complexity index is 480. The Morgan fingerprint density at radius 1 is 0.880 bits per heavy atom. The molecule has 0 atom stereocenters. The Kier molecular flexibility index (Phi) is 9.87. The maximum atomic E-state index is 11.6. The maximum absolute atomic E-state index is 11.6. The minimum absolute atomic E-state index is 0.126. The predicted molar refractivity (Wildman–Crippen MR) is 106 cm³/mol. The van der Waals surface area contributed by atoms with Gasteiger partial charge in [-0.1, -0.05) is 33.8 Å². The van der Waals surface area contributed by atoms with E-state index in [4.69, 9.17) is 0 Å². The summed E-state index contributed by atoms with van der Waals surface area (Å²) >= 11 is 0. The van der Waals surface area contributed by atoms with Gasteiger partial charge < -0.3 is 20.4 Å². The third kappa shape index (κ3) is 6.88. The van der Waals surface area contributed by atoms with E-state index in [1.807, 2.05) is 6.07 Å². The summed E-state index contributed by atoms with van der Waals surface area (Å²) in [6.07, 6.45) is 0. The Morgan fingerprint density at radius 3 is 1.60 bits per heavy atom. The highest BCUT2D eigenvalue weighted by molar-refractivity contribution is 5.76. The van der Waals surface area contributed by atoms with Gasteiger partial charge in [-0.15, -0.1) is 0 Å². The van der Waals surface area contributed by atoms with Gasteiger partial charge in [0.15, 0.2) is 0 Å². The predicted octanol–water partition coefficient (Wildman–Crippen LogP) is 3.10. The average molecular weight is 351 g/mol. The topological polar surface area (TPSA) is 73.7 Å². The van der Waals surface area contributed by atoms with Crippen LogP contribution in [0.15, 0.2) is 18.2 Å². The van der Waals surface area contributed by atoms with E-state index >= 15 is 0 Å². The molecule has 7 nitrogen and oxygen atoms in total. The van der Waals surface area contributed by atoms with E-state index in [0.29, 0.717) is 24.5 Å². The van der Waals surface area contributed by atoms with Crippen molar-refractivity contribution in [1.82, 2.24) is 9.80 Å². The number of benzene rings is 1. The maximum Gasteiger partial charge on any atom is 0.315 e. The van der Waals surface area contributed by atoms with Crippen LogP contribution < -0.4 is 10.6 Å². The van der Waals surface area contributed by atoms with Crippen LogP contribution in [-0.2, 0) is 0 Å². The third-order valence-electron chi connectivity index (χ3n) is 4.49. The van der Waals surface area contributed by atoms with Crippen molar-refractivity contribution in [2.75, 3.05) is 63.0 Å². The molecule has 1 aromatic carbocycles. The fourth-order valence-electron chi connectivity index (χ4n) is 2.80. The zero-order valence-corrected chi connectivity index (χ0v) is 16.0. The van der Waals surface area contributed by atoms with Gasteiger partial charge in [0, 0.05) is 26.2 Å². The van der Waals surface area contributed by atoms with Gasteiger partial charge in [0.05, 0.1) is 4.92 Å². The van der Waals surface area contributed by atoms with E-state index < -0.39 is 0 Å². The molecule has 142 valence electrons. The number of hydrogen-bond donors (Lipinski definition) is 2. The van der Waals surface area contributed by atoms with Crippen LogP contribution in [-0.4, -0.2) is 67.1 Å². The molecular formula is C18H33N5O2. The summed E-state index contributed by atoms with van der Waals surface area (Å²) in [5.41, 5.74) is 1.27. The first kappa shape index (κ1) is 21.2. The standard InChI is InChI=1S/C18H33N5O2/c1-5-21(6-2)14-12-19-16-10-9-11-17(18(16)23(24)25)20-13-15-22(7-3)8-4/h9-11,19-20H,5-8,12-15H2,1-4H3. The van der Waals surface area contributed by atoms with Crippen LogP contribution in [0.4, 0.5) is 17.1 Å². The minimum atomic E-state index is -0.306. The molecule has 2 N–H and O–H groups in total. The number of para-hydroxylation sites is 1. The number of nitro groups is 1. The van der Waals surface area contributed by atoms with E-state index in [9.17, 15) is 10.1 Å². The molecule has 7 heteroatoms. The lowest BCUT2D eigenvalue weighted by molar-refractivity contribution is -0.383. The molecule has 0 aliphatic carbocycles. The zero-order chi connectivity index (χ0) is 18.7. The number of anilines is 2. The van der Waals surface area contributed by atoms with Crippen molar-refractivity contribution in [2.24, 2.45) is 0 Å². The van der Waals surface area contributed by atoms with Gasteiger partial charge in [-0.05, 0) is 38.3 Å². The second-order valence-corrected chi connectivity index (χ2v) is 5.87. The molecule has 0 unspecified atom stereocenters. The number of likely N-dealkylation sites (N-methyl/N-ethyl adjacent to an activating group) is 2. The van der Waals surface area contributed by atoms with E-state index in [2.05, 4.69) is 48.1 Å². The molecule has 0 saturated carbocycles. The smallest absolute Gasteiger partial charge is 0.315 e. The summed E-state index contributed by atoms with van der Waals surface area (Å²) in [5, 5.41) is 18.0. The van der Waals surface area contributed by atoms with E-state index in [1.54, 1.807) is 12.1 Å². The first-order valence-corrected chi connectivity index (χ1v) is 9.27. The van der Waals surface area contributed by atoms with Crippen molar-refractivity contribution < 1.29 is 4.92 Å². The summed E-state index contributed by atoms with van der Waals surface area (Å²) in [4.78, 5) is 15.8. The normalized spacial score (nSPS) is 11.1. The highest BCUT2D eigenvalue weighted by Gasteiger charge is 2.19. The molecule has 1 rings (SSSR count). The van der Waals surface area contributed by atoms with Gasteiger partial charge in [-0.3, -0.25) is 10.1 Å². The molecular weight excluding hydrogens is 318 g/mol. The first-order chi connectivity index (χ1) is 12.1. The molecule has 0 aliphatic rings. The molecule has 0 aliphatic heterocycles. The number of hydrogen-bond acceptors (Lipinski definition) is 6. The summed E-state index contributed by atoms with van der Waals surface area (Å²) in [6, 6.07) is 5.40. The van der Waals surface area contributed by atoms with Crippen LogP contribution in [0.5, 0.6) is 0 Å². The van der Waals surface area contributed by atoms with Crippen LogP contribution in [0.3, 0.4) is 0 Å². The lowest BCUT2D eigenvalue weighted by atomic mass is 10.2. The SMILES string of the molecule is CCN(CC)CCNc1cccc(NCCN(CC)CC)c1[N+](=O)[O-]. The van der Waals surface area contributed by atoms with E-state index in [0.717, 1.165) is 39.3 Å². The van der Waals surface area contributed by atoms with Crippen LogP contribution in [0.2, 0.25) is 0 Å². The second-order valence-electron chi connectivity index (χ2n) is 5.87. The minimum Gasteiger partial charge on any atom is -0.378 e. The Hall–Kier alpha value is -1.86. The lowest BCUT2D eigenvalue weighted by Gasteiger charge is -2.20. The summed E-state index contributed by atoms with van der Waals surface area (Å²) < 4.78 is 0. The van der Waals surface area contributed by atoms with Crippen LogP contribution in [0, 0.1) is 10.1 Å². The molecule has 1 aromatic rings. The molecule has 0 bridgehead atoms. The van der Waals surface area contributed by atoms with E-state index in [-0.39, 0.29) is 10.6 Å². The molecule has 0 radical (unpaired) electrons. The Morgan fingerprint density at radius 2 is 1.28 bits per heavy atom. The van der Waals surface area contributed by atoms with Crippen molar-refractivity contribution in [3.63, 3.8) is 0 Å². The first-order valence-electron chi connectivity index (χ1n) is 9.27. The second kappa shape index (κ2) is 11.7. The zero-order valence-electron chi connectivity index (χ0n) is 16.0. The van der Waals surface area contributed by atoms with Gasteiger partial charge in [0.2, 0.25) is 0 Å². The van der Waals surface area contributed by atoms with Gasteiger partial charge in [0.1, 0.15) is 11.4 Å². The Balaban J connectivity index is 2.74. The van der Waals surface area contributed by atoms with Crippen molar-refractivity contribution in [3.8, 4) is 0 Å². The number of nitrogens with zero attached hydrogens (tertiary/aromatic N) is 3. The highest BCUT2D eigenvalue weighted by atomic mass is 16.6. The molecule has 0 amide bonds. The van der Waals surface area contributed by atoms with E-state index in [1.165, 1.54) is 0 Å². The van der Waals surface area contributed by atoms with Crippen LogP contribution in [0.1, 0.15) is 27.7 Å². The Labute approximate surface area is 151 Å². The fraction of sp³-hybridized carbons (Fsp3) is 0.667. The summed E-state index contributed by atoms with van der Waals surface area (Å²) in [7, 11) is 0. The third-order valence-corrected chi connectivity index (χ3v) is 4.49. The van der Waals surface area contributed by atoms with Crippen molar-refractivity contribution in [2.45, 2.75) is 27.7 Å². The monoisotopic (exact) mass is 351 g/mol. The van der Waals surface area contributed by atoms with Crippen LogP contribution in [0.25, 0.3) is 0 Å². The number of nitrogens with one attached hydrogen (secondary N) is 2. The molecule has 0 aromatic heterocycles. The fourth-order valence-corrected chi connectivity index (χ4v) is 2.80. The number of nitro benzene ring substituents is 1. The molecule has 0 saturated heterocycles. The molecule has 0 heterocycles. The summed E-state index contributed by atoms with van der Waals surface area (Å²) in [5.74, 6) is 0. The van der Waals surface area contributed by atoms with Crippen molar-refractivity contribution in [3.05, 3.63) is 28.3 Å². The molecule has 0 fully saturated rings. The quantitative estimate of drug-likeness (QED) is 0.420.